The summed E-state index contributed by atoms with van der Waals surface area (Å²) in [5, 5.41) is 7.55. The van der Waals surface area contributed by atoms with Crippen molar-refractivity contribution in [3.8, 4) is 22.9 Å². The summed E-state index contributed by atoms with van der Waals surface area (Å²) in [6.45, 7) is 13.8. The van der Waals surface area contributed by atoms with Crippen molar-refractivity contribution in [1.29, 1.82) is 0 Å². The molecule has 0 fully saturated rings. The van der Waals surface area contributed by atoms with E-state index in [4.69, 9.17) is 0 Å². The molecule has 0 N–H and O–H groups in total. The Bertz CT molecular complexity index is 1680. The maximum Gasteiger partial charge on any atom is 0.129 e. The lowest BCUT2D eigenvalue weighted by atomic mass is 9.91. The molecule has 0 bridgehead atoms. The average Bonchev–Trinajstić information content (AvgIpc) is 3.11. The molecule has 0 aliphatic rings. The third kappa shape index (κ3) is 4.25. The molecule has 162 valence electrons. The Hall–Kier alpha value is -2.83. The molecule has 0 aliphatic heterocycles. The maximum absolute atomic E-state index is 3.65. The van der Waals surface area contributed by atoms with Crippen molar-refractivity contribution in [3.05, 3.63) is 71.8 Å². The third-order valence-corrected chi connectivity index (χ3v) is 8.53. The van der Waals surface area contributed by atoms with Crippen LogP contribution in [0.3, 0.4) is 0 Å². The van der Waals surface area contributed by atoms with Crippen LogP contribution in [-0.2, 0) is 0 Å². The van der Waals surface area contributed by atoms with Gasteiger partial charge in [0.2, 0.25) is 0 Å². The highest BCUT2D eigenvalue weighted by atomic mass is 32.1. The molecule has 0 unspecified atom stereocenters. The molecule has 0 saturated heterocycles. The normalized spacial score (nSPS) is 12.1. The van der Waals surface area contributed by atoms with Gasteiger partial charge in [0.25, 0.3) is 0 Å². The zero-order valence-corrected chi connectivity index (χ0v) is 23.0. The van der Waals surface area contributed by atoms with E-state index < -0.39 is 16.1 Å². The largest absolute Gasteiger partial charge is 0.135 e. The number of thiophene rings is 1. The summed E-state index contributed by atoms with van der Waals surface area (Å²) < 4.78 is 2.65. The highest BCUT2D eigenvalue weighted by Crippen LogP contribution is 2.40. The molecule has 3 heteroatoms. The number of benzene rings is 4. The van der Waals surface area contributed by atoms with E-state index in [9.17, 15) is 0 Å². The van der Waals surface area contributed by atoms with Crippen molar-refractivity contribution in [2.75, 3.05) is 0 Å². The van der Waals surface area contributed by atoms with E-state index in [1.807, 2.05) is 11.3 Å². The van der Waals surface area contributed by atoms with Crippen molar-refractivity contribution in [1.82, 2.24) is 0 Å². The number of rotatable bonds is 0. The molecule has 0 saturated carbocycles. The van der Waals surface area contributed by atoms with E-state index in [-0.39, 0.29) is 0 Å². The summed E-state index contributed by atoms with van der Waals surface area (Å²) in [5.41, 5.74) is 9.58. The zero-order chi connectivity index (χ0) is 23.4. The molecule has 0 nitrogen and oxygen atoms in total. The fourth-order valence-electron chi connectivity index (χ4n) is 4.16. The first-order chi connectivity index (χ1) is 15.6. The molecular weight excluding hydrogens is 449 g/mol. The number of fused-ring (bicyclic) bond motifs is 5. The van der Waals surface area contributed by atoms with E-state index in [1.165, 1.54) is 41.7 Å². The van der Waals surface area contributed by atoms with Crippen LogP contribution in [-0.4, -0.2) is 16.1 Å². The average molecular weight is 477 g/mol. The molecule has 0 aliphatic carbocycles. The number of hydrogen-bond donors (Lipinski definition) is 0. The second-order valence-electron chi connectivity index (χ2n) is 10.8. The fourth-order valence-corrected chi connectivity index (χ4v) is 6.29. The van der Waals surface area contributed by atoms with Crippen molar-refractivity contribution in [2.24, 2.45) is 0 Å². The van der Waals surface area contributed by atoms with Crippen LogP contribution < -0.4 is 0 Å². The van der Waals surface area contributed by atoms with Gasteiger partial charge in [-0.3, -0.25) is 0 Å². The molecular formula is C30H28SSi2. The van der Waals surface area contributed by atoms with Gasteiger partial charge in [-0.05, 0) is 34.4 Å². The molecule has 5 rings (SSSR count). The van der Waals surface area contributed by atoms with Crippen molar-refractivity contribution in [3.63, 3.8) is 0 Å². The van der Waals surface area contributed by atoms with Crippen LogP contribution in [0.15, 0.2) is 60.7 Å². The SMILES string of the molecule is C[Si](C)(C)C#Cc1c2ccccc2c(C#C[Si](C)(C)C)c2cc3c(cc12)sc1ccccc13. The monoisotopic (exact) mass is 476 g/mol. The summed E-state index contributed by atoms with van der Waals surface area (Å²) >= 11 is 1.87. The third-order valence-electron chi connectivity index (χ3n) is 5.65. The molecule has 0 atom stereocenters. The van der Waals surface area contributed by atoms with Gasteiger partial charge in [0.15, 0.2) is 0 Å². The summed E-state index contributed by atoms with van der Waals surface area (Å²) in [7, 11) is -3.06. The van der Waals surface area contributed by atoms with Crippen molar-refractivity contribution < 1.29 is 0 Å². The van der Waals surface area contributed by atoms with Gasteiger partial charge >= 0.3 is 0 Å². The first kappa shape index (κ1) is 22.0. The second-order valence-corrected chi connectivity index (χ2v) is 21.4. The standard InChI is InChI=1S/C30H28SSi2/c1-32(2,3)17-15-23-21-11-7-8-12-22(21)24(16-18-33(4,5)6)27-20-30-28(19-26(23)27)25-13-9-10-14-29(25)31-30/h7-14,19-20H,1-6H3. The van der Waals surface area contributed by atoms with Gasteiger partial charge in [-0.15, -0.1) is 22.4 Å². The highest BCUT2D eigenvalue weighted by Gasteiger charge is 2.17. The highest BCUT2D eigenvalue weighted by molar-refractivity contribution is 7.25. The lowest BCUT2D eigenvalue weighted by molar-refractivity contribution is 1.73. The lowest BCUT2D eigenvalue weighted by Gasteiger charge is -2.13. The van der Waals surface area contributed by atoms with E-state index in [1.54, 1.807) is 0 Å². The van der Waals surface area contributed by atoms with E-state index in [0.29, 0.717) is 0 Å². The van der Waals surface area contributed by atoms with E-state index >= 15 is 0 Å². The molecule has 1 aromatic heterocycles. The van der Waals surface area contributed by atoms with Crippen LogP contribution in [0.4, 0.5) is 0 Å². The molecule has 1 heterocycles. The molecule has 0 radical (unpaired) electrons. The number of hydrogen-bond acceptors (Lipinski definition) is 1. The second kappa shape index (κ2) is 7.89. The Morgan fingerprint density at radius 3 is 1.55 bits per heavy atom. The first-order valence-corrected chi connectivity index (χ1v) is 19.3. The summed E-state index contributed by atoms with van der Waals surface area (Å²) in [4.78, 5) is 0. The molecule has 5 aromatic rings. The maximum atomic E-state index is 3.65. The van der Waals surface area contributed by atoms with Gasteiger partial charge in [0.05, 0.1) is 0 Å². The van der Waals surface area contributed by atoms with E-state index in [0.717, 1.165) is 11.1 Å². The minimum Gasteiger partial charge on any atom is -0.135 e. The Morgan fingerprint density at radius 2 is 1.00 bits per heavy atom. The summed E-state index contributed by atoms with van der Waals surface area (Å²) in [6.07, 6.45) is 0. The lowest BCUT2D eigenvalue weighted by Crippen LogP contribution is -2.16. The Labute approximate surface area is 202 Å². The van der Waals surface area contributed by atoms with Gasteiger partial charge < -0.3 is 0 Å². The van der Waals surface area contributed by atoms with Gasteiger partial charge in [-0.25, -0.2) is 0 Å². The van der Waals surface area contributed by atoms with Crippen LogP contribution in [0.2, 0.25) is 39.3 Å². The molecule has 0 amide bonds. The van der Waals surface area contributed by atoms with Crippen LogP contribution in [0, 0.1) is 22.9 Å². The smallest absolute Gasteiger partial charge is 0.129 e. The Balaban J connectivity index is 2.01. The van der Waals surface area contributed by atoms with Crippen LogP contribution in [0.1, 0.15) is 11.1 Å². The molecule has 4 aromatic carbocycles. The minimum atomic E-state index is -1.53. The van der Waals surface area contributed by atoms with Gasteiger partial charge in [-0.2, -0.15) is 0 Å². The topological polar surface area (TPSA) is 0 Å². The zero-order valence-electron chi connectivity index (χ0n) is 20.2. The first-order valence-electron chi connectivity index (χ1n) is 11.5. The van der Waals surface area contributed by atoms with E-state index in [2.05, 4.69) is 123 Å². The fraction of sp³-hybridized carbons (Fsp3) is 0.200. The van der Waals surface area contributed by atoms with Crippen LogP contribution in [0.25, 0.3) is 41.7 Å². The molecule has 33 heavy (non-hydrogen) atoms. The van der Waals surface area contributed by atoms with Crippen molar-refractivity contribution >= 4 is 69.2 Å². The predicted molar refractivity (Wildman–Crippen MR) is 155 cm³/mol. The predicted octanol–water partition coefficient (Wildman–Crippen LogP) is 8.82. The Morgan fingerprint density at radius 1 is 0.515 bits per heavy atom. The quantitative estimate of drug-likeness (QED) is 0.119. The minimum absolute atomic E-state index is 1.15. The van der Waals surface area contributed by atoms with Gasteiger partial charge in [-0.1, -0.05) is 93.6 Å². The summed E-state index contributed by atoms with van der Waals surface area (Å²) in [6, 6.07) is 22.2. The van der Waals surface area contributed by atoms with Crippen molar-refractivity contribution in [2.45, 2.75) is 39.3 Å². The molecule has 0 spiro atoms. The summed E-state index contributed by atoms with van der Waals surface area (Å²) in [5.74, 6) is 7.30. The van der Waals surface area contributed by atoms with Gasteiger partial charge in [0, 0.05) is 36.7 Å². The van der Waals surface area contributed by atoms with Crippen LogP contribution >= 0.6 is 11.3 Å². The Kier molecular flexibility index (Phi) is 5.26. The van der Waals surface area contributed by atoms with Gasteiger partial charge in [0.1, 0.15) is 16.1 Å². The van der Waals surface area contributed by atoms with Crippen LogP contribution in [0.5, 0.6) is 0 Å².